The van der Waals surface area contributed by atoms with Gasteiger partial charge in [0.05, 0.1) is 16.9 Å². The summed E-state index contributed by atoms with van der Waals surface area (Å²) in [7, 11) is 0. The molecule has 100 valence electrons. The monoisotopic (exact) mass is 256 g/mol. The lowest BCUT2D eigenvalue weighted by molar-refractivity contribution is 0.268. The van der Waals surface area contributed by atoms with E-state index in [1.807, 2.05) is 0 Å². The molecule has 0 amide bonds. The molecule has 3 rings (SSSR count). The van der Waals surface area contributed by atoms with Crippen LogP contribution in [-0.2, 0) is 5.54 Å². The van der Waals surface area contributed by atoms with Gasteiger partial charge in [-0.3, -0.25) is 0 Å². The van der Waals surface area contributed by atoms with E-state index in [-0.39, 0.29) is 12.1 Å². The van der Waals surface area contributed by atoms with Gasteiger partial charge in [-0.25, -0.2) is 0 Å². The quantitative estimate of drug-likeness (QED) is 0.885. The summed E-state index contributed by atoms with van der Waals surface area (Å²) >= 11 is 0. The predicted molar refractivity (Wildman–Crippen MR) is 77.8 cm³/mol. The SMILES string of the molecule is Cc1ccc2c(c1)-n1cccc1C(C)(CCCO)N2. The maximum Gasteiger partial charge on any atom is 0.0752 e. The molecule has 0 fully saturated rings. The Morgan fingerprint density at radius 1 is 1.32 bits per heavy atom. The third kappa shape index (κ3) is 1.94. The number of rotatable bonds is 3. The number of benzene rings is 1. The van der Waals surface area contributed by atoms with E-state index >= 15 is 0 Å². The van der Waals surface area contributed by atoms with Crippen LogP contribution < -0.4 is 5.32 Å². The molecular formula is C16H20N2O. The highest BCUT2D eigenvalue weighted by atomic mass is 16.2. The van der Waals surface area contributed by atoms with Crippen LogP contribution in [0.3, 0.4) is 0 Å². The van der Waals surface area contributed by atoms with Gasteiger partial charge >= 0.3 is 0 Å². The van der Waals surface area contributed by atoms with Crippen LogP contribution in [0.2, 0.25) is 0 Å². The summed E-state index contributed by atoms with van der Waals surface area (Å²) in [6, 6.07) is 10.7. The fourth-order valence-electron chi connectivity index (χ4n) is 2.97. The molecule has 2 N–H and O–H groups in total. The molecule has 2 aromatic rings. The Bertz CT molecular complexity index is 603. The normalized spacial score (nSPS) is 20.6. The van der Waals surface area contributed by atoms with Crippen molar-refractivity contribution in [1.82, 2.24) is 4.57 Å². The van der Waals surface area contributed by atoms with E-state index in [1.165, 1.54) is 16.9 Å². The van der Waals surface area contributed by atoms with Crippen molar-refractivity contribution in [3.05, 3.63) is 47.8 Å². The van der Waals surface area contributed by atoms with Crippen molar-refractivity contribution in [2.75, 3.05) is 11.9 Å². The average Bonchev–Trinajstić information content (AvgIpc) is 2.88. The van der Waals surface area contributed by atoms with Crippen molar-refractivity contribution < 1.29 is 5.11 Å². The number of aliphatic hydroxyl groups excluding tert-OH is 1. The molecule has 1 aromatic heterocycles. The Labute approximate surface area is 113 Å². The van der Waals surface area contributed by atoms with Crippen LogP contribution in [0, 0.1) is 6.92 Å². The summed E-state index contributed by atoms with van der Waals surface area (Å²) in [4.78, 5) is 0. The molecule has 0 saturated heterocycles. The molecule has 1 aliphatic rings. The van der Waals surface area contributed by atoms with Crippen LogP contribution in [-0.4, -0.2) is 16.3 Å². The van der Waals surface area contributed by atoms with Crippen molar-refractivity contribution in [2.24, 2.45) is 0 Å². The van der Waals surface area contributed by atoms with Gasteiger partial charge in [-0.05, 0) is 56.5 Å². The summed E-state index contributed by atoms with van der Waals surface area (Å²) in [5.41, 5.74) is 4.78. The van der Waals surface area contributed by atoms with E-state index in [9.17, 15) is 0 Å². The van der Waals surface area contributed by atoms with Gasteiger partial charge in [0.1, 0.15) is 0 Å². The van der Waals surface area contributed by atoms with Crippen LogP contribution in [0.5, 0.6) is 0 Å². The van der Waals surface area contributed by atoms with E-state index in [2.05, 4.69) is 60.3 Å². The molecule has 19 heavy (non-hydrogen) atoms. The molecule has 0 saturated carbocycles. The number of nitrogens with zero attached hydrogens (tertiary/aromatic N) is 1. The van der Waals surface area contributed by atoms with Crippen molar-refractivity contribution in [3.8, 4) is 5.69 Å². The van der Waals surface area contributed by atoms with Gasteiger partial charge in [0.15, 0.2) is 0 Å². The molecule has 3 heteroatoms. The zero-order valence-corrected chi connectivity index (χ0v) is 11.5. The second-order valence-electron chi connectivity index (χ2n) is 5.57. The molecule has 0 aliphatic carbocycles. The minimum atomic E-state index is -0.117. The summed E-state index contributed by atoms with van der Waals surface area (Å²) in [6.45, 7) is 4.55. The number of hydrogen-bond acceptors (Lipinski definition) is 2. The zero-order valence-electron chi connectivity index (χ0n) is 11.5. The number of fused-ring (bicyclic) bond motifs is 3. The average molecular weight is 256 g/mol. The van der Waals surface area contributed by atoms with Gasteiger partial charge in [0.25, 0.3) is 0 Å². The van der Waals surface area contributed by atoms with Crippen LogP contribution >= 0.6 is 0 Å². The first kappa shape index (κ1) is 12.3. The smallest absolute Gasteiger partial charge is 0.0752 e. The van der Waals surface area contributed by atoms with E-state index in [1.54, 1.807) is 0 Å². The number of hydrogen-bond donors (Lipinski definition) is 2. The van der Waals surface area contributed by atoms with Crippen molar-refractivity contribution >= 4 is 5.69 Å². The van der Waals surface area contributed by atoms with Gasteiger partial charge < -0.3 is 15.0 Å². The maximum atomic E-state index is 9.11. The molecule has 2 heterocycles. The first-order chi connectivity index (χ1) is 9.14. The summed E-state index contributed by atoms with van der Waals surface area (Å²) in [5, 5.41) is 12.8. The molecule has 0 bridgehead atoms. The number of aliphatic hydroxyl groups is 1. The van der Waals surface area contributed by atoms with Gasteiger partial charge in [-0.1, -0.05) is 6.07 Å². The largest absolute Gasteiger partial charge is 0.396 e. The minimum absolute atomic E-state index is 0.117. The highest BCUT2D eigenvalue weighted by Gasteiger charge is 2.33. The Morgan fingerprint density at radius 2 is 2.16 bits per heavy atom. The lowest BCUT2D eigenvalue weighted by atomic mass is 9.89. The number of anilines is 1. The fraction of sp³-hybridized carbons (Fsp3) is 0.375. The second-order valence-corrected chi connectivity index (χ2v) is 5.57. The van der Waals surface area contributed by atoms with Crippen LogP contribution in [0.1, 0.15) is 31.0 Å². The first-order valence-electron chi connectivity index (χ1n) is 6.82. The molecule has 1 aliphatic heterocycles. The highest BCUT2D eigenvalue weighted by Crippen LogP contribution is 2.39. The Morgan fingerprint density at radius 3 is 2.95 bits per heavy atom. The molecule has 0 radical (unpaired) electrons. The summed E-state index contributed by atoms with van der Waals surface area (Å²) < 4.78 is 2.26. The topological polar surface area (TPSA) is 37.2 Å². The highest BCUT2D eigenvalue weighted by molar-refractivity contribution is 5.67. The summed E-state index contributed by atoms with van der Waals surface area (Å²) in [6.07, 6.45) is 3.84. The molecule has 3 nitrogen and oxygen atoms in total. The summed E-state index contributed by atoms with van der Waals surface area (Å²) in [5.74, 6) is 0. The molecular weight excluding hydrogens is 236 g/mol. The van der Waals surface area contributed by atoms with E-state index in [0.29, 0.717) is 0 Å². The van der Waals surface area contributed by atoms with Crippen molar-refractivity contribution in [3.63, 3.8) is 0 Å². The van der Waals surface area contributed by atoms with Crippen LogP contribution in [0.15, 0.2) is 36.5 Å². The van der Waals surface area contributed by atoms with E-state index in [0.717, 1.165) is 18.5 Å². The number of aryl methyl sites for hydroxylation is 1. The van der Waals surface area contributed by atoms with Gasteiger partial charge in [0, 0.05) is 18.5 Å². The third-order valence-corrected chi connectivity index (χ3v) is 3.97. The predicted octanol–water partition coefficient (Wildman–Crippen LogP) is 3.20. The van der Waals surface area contributed by atoms with Crippen molar-refractivity contribution in [2.45, 2.75) is 32.2 Å². The third-order valence-electron chi connectivity index (χ3n) is 3.97. The molecule has 0 spiro atoms. The molecule has 1 atom stereocenters. The molecule has 1 unspecified atom stereocenters. The van der Waals surface area contributed by atoms with Crippen LogP contribution in [0.25, 0.3) is 5.69 Å². The Kier molecular flexibility index (Phi) is 2.86. The van der Waals surface area contributed by atoms with E-state index in [4.69, 9.17) is 5.11 Å². The standard InChI is InChI=1S/C16H20N2O/c1-12-6-7-13-14(11-12)18-9-3-5-15(18)16(2,17-13)8-4-10-19/h3,5-7,9,11,17,19H,4,8,10H2,1-2H3. The Hall–Kier alpha value is -1.74. The lowest BCUT2D eigenvalue weighted by Gasteiger charge is -2.38. The minimum Gasteiger partial charge on any atom is -0.396 e. The van der Waals surface area contributed by atoms with Gasteiger partial charge in [0.2, 0.25) is 0 Å². The maximum absolute atomic E-state index is 9.11. The zero-order chi connectivity index (χ0) is 13.5. The first-order valence-corrected chi connectivity index (χ1v) is 6.82. The Balaban J connectivity index is 2.10. The molecule has 1 aromatic carbocycles. The van der Waals surface area contributed by atoms with E-state index < -0.39 is 0 Å². The van der Waals surface area contributed by atoms with Gasteiger partial charge in [-0.15, -0.1) is 0 Å². The second kappa shape index (κ2) is 4.42. The van der Waals surface area contributed by atoms with Crippen LogP contribution in [0.4, 0.5) is 5.69 Å². The lowest BCUT2D eigenvalue weighted by Crippen LogP contribution is -2.37. The fourth-order valence-corrected chi connectivity index (χ4v) is 2.97. The van der Waals surface area contributed by atoms with Crippen molar-refractivity contribution in [1.29, 1.82) is 0 Å². The number of aromatic nitrogens is 1. The van der Waals surface area contributed by atoms with Gasteiger partial charge in [-0.2, -0.15) is 0 Å². The number of nitrogens with one attached hydrogen (secondary N) is 1.